The average molecular weight is 854 g/mol. The summed E-state index contributed by atoms with van der Waals surface area (Å²) in [5.74, 6) is 3.43. The minimum atomic E-state index is -1.83. The normalized spacial score (nSPS) is 56.8. The molecule has 1 unspecified atom stereocenters. The Morgan fingerprint density at radius 3 is 2.08 bits per heavy atom. The number of allylic oxidation sites excluding steroid dienone is 1. The van der Waals surface area contributed by atoms with Crippen LogP contribution in [0.5, 0.6) is 0 Å². The van der Waals surface area contributed by atoms with E-state index in [-0.39, 0.29) is 11.5 Å². The lowest BCUT2D eigenvalue weighted by Gasteiger charge is -2.58. The van der Waals surface area contributed by atoms with Crippen molar-refractivity contribution in [3.05, 3.63) is 11.6 Å². The van der Waals surface area contributed by atoms with E-state index in [1.807, 2.05) is 0 Å². The highest BCUT2D eigenvalue weighted by molar-refractivity contribution is 5.27. The third kappa shape index (κ3) is 7.10. The van der Waals surface area contributed by atoms with Gasteiger partial charge in [0.25, 0.3) is 0 Å². The largest absolute Gasteiger partial charge is 0.394 e. The predicted molar refractivity (Wildman–Crippen MR) is 210 cm³/mol. The van der Waals surface area contributed by atoms with Crippen LogP contribution >= 0.6 is 0 Å². The molecule has 0 aromatic carbocycles. The van der Waals surface area contributed by atoms with Crippen molar-refractivity contribution in [1.29, 1.82) is 0 Å². The molecule has 0 amide bonds. The highest BCUT2D eigenvalue weighted by Gasteiger charge is 2.66. The third-order valence-corrected chi connectivity index (χ3v) is 17.7. The van der Waals surface area contributed by atoms with Gasteiger partial charge < -0.3 is 74.4 Å². The lowest BCUT2D eigenvalue weighted by Crippen LogP contribution is -2.67. The van der Waals surface area contributed by atoms with Gasteiger partial charge in [-0.1, -0.05) is 38.8 Å². The smallest absolute Gasteiger partial charge is 0.187 e. The number of rotatable bonds is 8. The number of aliphatic hydroxyl groups is 9. The Morgan fingerprint density at radius 1 is 0.683 bits per heavy atom. The maximum Gasteiger partial charge on any atom is 0.187 e. The minimum Gasteiger partial charge on any atom is -0.394 e. The van der Waals surface area contributed by atoms with Crippen LogP contribution in [0.4, 0.5) is 0 Å². The summed E-state index contributed by atoms with van der Waals surface area (Å²) < 4.78 is 36.8. The van der Waals surface area contributed by atoms with E-state index in [9.17, 15) is 46.0 Å². The van der Waals surface area contributed by atoms with Crippen LogP contribution in [0, 0.1) is 40.4 Å². The van der Waals surface area contributed by atoms with Crippen LogP contribution in [-0.4, -0.2) is 181 Å². The fourth-order valence-electron chi connectivity index (χ4n) is 14.5. The number of ether oxygens (including phenoxy) is 6. The molecule has 0 spiro atoms. The van der Waals surface area contributed by atoms with Crippen LogP contribution in [0.3, 0.4) is 0 Å². The van der Waals surface area contributed by atoms with Crippen LogP contribution in [-0.2, 0) is 28.4 Å². The van der Waals surface area contributed by atoms with Crippen molar-refractivity contribution in [2.45, 2.75) is 202 Å². The minimum absolute atomic E-state index is 0.0101. The summed E-state index contributed by atoms with van der Waals surface area (Å²) in [5, 5.41) is 95.7. The van der Waals surface area contributed by atoms with E-state index in [1.54, 1.807) is 0 Å². The molecule has 5 heterocycles. The summed E-state index contributed by atoms with van der Waals surface area (Å²) in [6, 6.07) is 1.46. The van der Waals surface area contributed by atoms with Gasteiger partial charge in [0.2, 0.25) is 0 Å². The zero-order valence-corrected chi connectivity index (χ0v) is 35.5. The van der Waals surface area contributed by atoms with Crippen molar-refractivity contribution in [3.8, 4) is 0 Å². The summed E-state index contributed by atoms with van der Waals surface area (Å²) in [5.41, 5.74) is 1.74. The predicted octanol–water partition coefficient (Wildman–Crippen LogP) is -0.0908. The number of piperidine rings is 1. The Balaban J connectivity index is 0.954. The summed E-state index contributed by atoms with van der Waals surface area (Å²) in [7, 11) is 0. The maximum atomic E-state index is 11.6. The second kappa shape index (κ2) is 16.8. The standard InChI is InChI=1S/C44H71NO15/c1-19-26-7-5-6-14-45(26)27-16-25-23-9-8-21-15-22(10-12-43(21,3)24(23)11-13-44(25,4)30(19)27)56-42-39(60-40-36(53)34(51)31(48)20(2)55-40)38(33(50)29(18-47)58-42)59-41-37(54)35(52)32(49)28(17-46)57-41/h8,19-20,22-42,46-54H,5-7,9-18H2,1-4H3/t19-,20+,22+,23-,24+,25+,26-,27+,28-,29-,30+,31+,32-,33+,34-,35+,36-,37-,38+,39-,40+,41?,42-,43+,44+/m1/s1. The van der Waals surface area contributed by atoms with Gasteiger partial charge in [0.1, 0.15) is 67.1 Å². The molecule has 0 aromatic rings. The van der Waals surface area contributed by atoms with Crippen LogP contribution < -0.4 is 0 Å². The molecule has 25 atom stereocenters. The van der Waals surface area contributed by atoms with E-state index in [0.29, 0.717) is 42.1 Å². The summed E-state index contributed by atoms with van der Waals surface area (Å²) in [4.78, 5) is 2.92. The van der Waals surface area contributed by atoms with Crippen molar-refractivity contribution < 1.29 is 74.4 Å². The Morgan fingerprint density at radius 2 is 1.35 bits per heavy atom. The lowest BCUT2D eigenvalue weighted by molar-refractivity contribution is -0.394. The van der Waals surface area contributed by atoms with Gasteiger partial charge in [0.05, 0.1) is 25.4 Å². The summed E-state index contributed by atoms with van der Waals surface area (Å²) in [6.45, 7) is 9.00. The maximum absolute atomic E-state index is 11.6. The Hall–Kier alpha value is -0.900. The van der Waals surface area contributed by atoms with Crippen molar-refractivity contribution in [2.24, 2.45) is 40.4 Å². The van der Waals surface area contributed by atoms with Crippen molar-refractivity contribution in [1.82, 2.24) is 4.90 Å². The van der Waals surface area contributed by atoms with Crippen molar-refractivity contribution in [3.63, 3.8) is 0 Å². The molecular weight excluding hydrogens is 782 g/mol. The van der Waals surface area contributed by atoms with Gasteiger partial charge in [-0.3, -0.25) is 4.90 Å². The molecule has 16 nitrogen and oxygen atoms in total. The first-order chi connectivity index (χ1) is 28.6. The first-order valence-corrected chi connectivity index (χ1v) is 23.0. The van der Waals surface area contributed by atoms with Crippen molar-refractivity contribution >= 4 is 0 Å². The highest BCUT2D eigenvalue weighted by Crippen LogP contribution is 2.70. The summed E-state index contributed by atoms with van der Waals surface area (Å²) in [6.07, 6.45) is -9.72. The van der Waals surface area contributed by atoms with Gasteiger partial charge in [-0.05, 0) is 112 Å². The second-order valence-corrected chi connectivity index (χ2v) is 20.6. The van der Waals surface area contributed by atoms with Gasteiger partial charge >= 0.3 is 0 Å². The van der Waals surface area contributed by atoms with E-state index in [2.05, 4.69) is 31.7 Å². The molecule has 5 saturated heterocycles. The number of nitrogens with zero attached hydrogens (tertiary/aromatic N) is 1. The molecule has 8 fully saturated rings. The molecule has 9 rings (SSSR count). The Kier molecular flexibility index (Phi) is 12.4. The molecule has 9 aliphatic rings. The molecule has 0 radical (unpaired) electrons. The first-order valence-electron chi connectivity index (χ1n) is 23.0. The molecule has 9 N–H and O–H groups in total. The van der Waals surface area contributed by atoms with Crippen LogP contribution in [0.2, 0.25) is 0 Å². The SMILES string of the molecule is C[C@H]1[C@H]2[C@H](C[C@H]3[C@@H]4CC=C5C[C@@H](O[C@@H]6O[C@H](CO)[C@H](O)[C@H](OC7O[C@H](CO)[C@@H](O)[C@H](O)[C@H]7O)[C@H]6O[C@@H]6O[C@@H](C)[C@H](O)[C@@H](O)[C@H]6O)CC[C@]5(C)[C@H]4CC[C@]23C)N2CCCC[C@H]12. The van der Waals surface area contributed by atoms with Gasteiger partial charge in [-0.25, -0.2) is 0 Å². The van der Waals surface area contributed by atoms with Crippen molar-refractivity contribution in [2.75, 3.05) is 19.8 Å². The van der Waals surface area contributed by atoms with Gasteiger partial charge in [0.15, 0.2) is 18.9 Å². The zero-order valence-electron chi connectivity index (χ0n) is 35.5. The molecule has 0 bridgehead atoms. The van der Waals surface area contributed by atoms with E-state index in [4.69, 9.17) is 28.4 Å². The van der Waals surface area contributed by atoms with Crippen LogP contribution in [0.25, 0.3) is 0 Å². The average Bonchev–Trinajstić information content (AvgIpc) is 3.72. The van der Waals surface area contributed by atoms with Crippen LogP contribution in [0.15, 0.2) is 11.6 Å². The van der Waals surface area contributed by atoms with Gasteiger partial charge in [-0.2, -0.15) is 0 Å². The lowest BCUT2D eigenvalue weighted by atomic mass is 9.47. The second-order valence-electron chi connectivity index (χ2n) is 20.6. The molecule has 60 heavy (non-hydrogen) atoms. The van der Waals surface area contributed by atoms with Gasteiger partial charge in [0, 0.05) is 12.1 Å². The summed E-state index contributed by atoms with van der Waals surface area (Å²) >= 11 is 0. The number of aliphatic hydroxyl groups excluding tert-OH is 9. The molecule has 3 saturated carbocycles. The molecule has 4 aliphatic carbocycles. The number of hydrogen-bond acceptors (Lipinski definition) is 16. The molecule has 16 heteroatoms. The zero-order chi connectivity index (χ0) is 42.6. The fraction of sp³-hybridized carbons (Fsp3) is 0.955. The molecule has 342 valence electrons. The molecule has 0 aromatic heterocycles. The van der Waals surface area contributed by atoms with E-state index in [0.717, 1.165) is 30.7 Å². The monoisotopic (exact) mass is 853 g/mol. The number of fused-ring (bicyclic) bond motifs is 9. The van der Waals surface area contributed by atoms with Gasteiger partial charge in [-0.15, -0.1) is 0 Å². The van der Waals surface area contributed by atoms with Crippen LogP contribution in [0.1, 0.15) is 91.9 Å². The Bertz CT molecular complexity index is 1560. The third-order valence-electron chi connectivity index (χ3n) is 17.7. The first kappa shape index (κ1) is 44.3. The number of hydrogen-bond donors (Lipinski definition) is 9. The van der Waals surface area contributed by atoms with E-state index in [1.165, 1.54) is 57.6 Å². The quantitative estimate of drug-likeness (QED) is 0.145. The van der Waals surface area contributed by atoms with E-state index >= 15 is 0 Å². The topological polar surface area (TPSA) is 241 Å². The fourth-order valence-corrected chi connectivity index (χ4v) is 14.5. The Labute approximate surface area is 352 Å². The molecular formula is C44H71NO15. The highest BCUT2D eigenvalue weighted by atomic mass is 16.8. The molecule has 5 aliphatic heterocycles. The van der Waals surface area contributed by atoms with E-state index < -0.39 is 105 Å².